The van der Waals surface area contributed by atoms with E-state index in [4.69, 9.17) is 0 Å². The second kappa shape index (κ2) is 9.80. The number of anilines is 3. The van der Waals surface area contributed by atoms with Gasteiger partial charge in [0.2, 0.25) is 5.95 Å². The molecule has 10 nitrogen and oxygen atoms in total. The largest absolute Gasteiger partial charge is 0.353 e. The van der Waals surface area contributed by atoms with E-state index in [-0.39, 0.29) is 11.9 Å². The number of carbonyl (C=O) groups is 1. The fraction of sp³-hybridized carbons (Fsp3) is 0.240. The molecule has 1 aliphatic rings. The summed E-state index contributed by atoms with van der Waals surface area (Å²) in [6, 6.07) is 9.65. The van der Waals surface area contributed by atoms with Gasteiger partial charge >= 0.3 is 0 Å². The number of amides is 1. The van der Waals surface area contributed by atoms with Gasteiger partial charge < -0.3 is 15.1 Å². The van der Waals surface area contributed by atoms with Crippen LogP contribution in [0.15, 0.2) is 67.5 Å². The van der Waals surface area contributed by atoms with Gasteiger partial charge in [0.25, 0.3) is 5.91 Å². The number of piperazine rings is 1. The lowest BCUT2D eigenvalue weighted by Crippen LogP contribution is -2.53. The first-order valence-electron chi connectivity index (χ1n) is 11.4. The van der Waals surface area contributed by atoms with E-state index < -0.39 is 0 Å². The van der Waals surface area contributed by atoms with E-state index in [1.165, 1.54) is 6.20 Å². The molecule has 1 saturated heterocycles. The monoisotopic (exact) mass is 467 g/mol. The molecule has 1 fully saturated rings. The normalized spacial score (nSPS) is 15.7. The van der Waals surface area contributed by atoms with Crippen LogP contribution in [-0.2, 0) is 0 Å². The van der Waals surface area contributed by atoms with Crippen molar-refractivity contribution in [2.24, 2.45) is 0 Å². The third-order valence-electron chi connectivity index (χ3n) is 5.86. The van der Waals surface area contributed by atoms with Crippen LogP contribution in [0.2, 0.25) is 0 Å². The van der Waals surface area contributed by atoms with Gasteiger partial charge in [-0.05, 0) is 38.1 Å². The number of rotatable bonds is 5. The molecule has 35 heavy (non-hydrogen) atoms. The second-order valence-electron chi connectivity index (χ2n) is 8.35. The number of pyridine rings is 2. The van der Waals surface area contributed by atoms with Crippen LogP contribution in [0.25, 0.3) is 11.3 Å². The molecule has 0 radical (unpaired) electrons. The van der Waals surface area contributed by atoms with Crippen molar-refractivity contribution in [2.75, 3.05) is 34.8 Å². The molecule has 0 saturated carbocycles. The molecule has 5 rings (SSSR count). The van der Waals surface area contributed by atoms with E-state index in [0.717, 1.165) is 31.0 Å². The molecular formula is C25H25N9O. The van der Waals surface area contributed by atoms with Gasteiger partial charge in [0.1, 0.15) is 11.6 Å². The lowest BCUT2D eigenvalue weighted by Gasteiger charge is -2.40. The zero-order chi connectivity index (χ0) is 24.2. The maximum absolute atomic E-state index is 12.7. The van der Waals surface area contributed by atoms with Gasteiger partial charge in [-0.3, -0.25) is 9.78 Å². The second-order valence-corrected chi connectivity index (χ2v) is 8.35. The van der Waals surface area contributed by atoms with Crippen molar-refractivity contribution in [3.05, 3.63) is 78.9 Å². The lowest BCUT2D eigenvalue weighted by atomic mass is 10.2. The molecule has 1 atom stereocenters. The Morgan fingerprint density at radius 2 is 1.71 bits per heavy atom. The SMILES string of the molecule is Cc1ncc(-c2ccc(C(=O)Nc3cnc(N4CCN(c5ccccn5)C[C@@H]4C)nc3)cn2)cn1. The number of nitrogens with zero attached hydrogens (tertiary/aromatic N) is 8. The first-order chi connectivity index (χ1) is 17.1. The number of carbonyl (C=O) groups excluding carboxylic acids is 1. The van der Waals surface area contributed by atoms with Crippen LogP contribution < -0.4 is 15.1 Å². The van der Waals surface area contributed by atoms with Crippen molar-refractivity contribution in [1.29, 1.82) is 0 Å². The van der Waals surface area contributed by atoms with Crippen LogP contribution >= 0.6 is 0 Å². The Labute approximate surface area is 203 Å². The minimum Gasteiger partial charge on any atom is -0.353 e. The van der Waals surface area contributed by atoms with E-state index in [0.29, 0.717) is 28.7 Å². The summed E-state index contributed by atoms with van der Waals surface area (Å²) < 4.78 is 0. The number of aryl methyl sites for hydroxylation is 1. The average Bonchev–Trinajstić information content (AvgIpc) is 2.90. The van der Waals surface area contributed by atoms with Crippen molar-refractivity contribution >= 4 is 23.4 Å². The molecule has 5 heterocycles. The highest BCUT2D eigenvalue weighted by Crippen LogP contribution is 2.21. The van der Waals surface area contributed by atoms with Gasteiger partial charge in [0.05, 0.1) is 29.3 Å². The smallest absolute Gasteiger partial charge is 0.257 e. The van der Waals surface area contributed by atoms with E-state index in [9.17, 15) is 4.79 Å². The number of hydrogen-bond acceptors (Lipinski definition) is 9. The molecule has 1 N–H and O–H groups in total. The third-order valence-corrected chi connectivity index (χ3v) is 5.86. The highest BCUT2D eigenvalue weighted by molar-refractivity contribution is 6.04. The molecule has 4 aromatic heterocycles. The molecule has 4 aromatic rings. The Kier molecular flexibility index (Phi) is 6.25. The summed E-state index contributed by atoms with van der Waals surface area (Å²) in [5.41, 5.74) is 2.45. The molecule has 0 aliphatic carbocycles. The molecule has 0 bridgehead atoms. The van der Waals surface area contributed by atoms with Crippen molar-refractivity contribution < 1.29 is 4.79 Å². The summed E-state index contributed by atoms with van der Waals surface area (Å²) in [4.78, 5) is 43.3. The van der Waals surface area contributed by atoms with Gasteiger partial charge in [-0.25, -0.2) is 24.9 Å². The van der Waals surface area contributed by atoms with Crippen molar-refractivity contribution in [1.82, 2.24) is 29.9 Å². The van der Waals surface area contributed by atoms with Crippen LogP contribution in [-0.4, -0.2) is 61.5 Å². The molecule has 176 valence electrons. The fourth-order valence-corrected chi connectivity index (χ4v) is 3.96. The van der Waals surface area contributed by atoms with Crippen LogP contribution in [0.1, 0.15) is 23.1 Å². The number of aromatic nitrogens is 6. The number of hydrogen-bond donors (Lipinski definition) is 1. The zero-order valence-electron chi connectivity index (χ0n) is 19.5. The van der Waals surface area contributed by atoms with E-state index in [1.54, 1.807) is 36.9 Å². The highest BCUT2D eigenvalue weighted by Gasteiger charge is 2.26. The maximum Gasteiger partial charge on any atom is 0.257 e. The zero-order valence-corrected chi connectivity index (χ0v) is 19.5. The predicted octanol–water partition coefficient (Wildman–Crippen LogP) is 3.00. The topological polar surface area (TPSA) is 113 Å². The van der Waals surface area contributed by atoms with Crippen LogP contribution in [0.3, 0.4) is 0 Å². The Bertz CT molecular complexity index is 1280. The van der Waals surface area contributed by atoms with E-state index in [1.807, 2.05) is 31.3 Å². The van der Waals surface area contributed by atoms with E-state index in [2.05, 4.69) is 51.9 Å². The molecular weight excluding hydrogens is 442 g/mol. The van der Waals surface area contributed by atoms with Crippen molar-refractivity contribution in [3.8, 4) is 11.3 Å². The lowest BCUT2D eigenvalue weighted by molar-refractivity contribution is 0.102. The quantitative estimate of drug-likeness (QED) is 0.473. The van der Waals surface area contributed by atoms with Crippen LogP contribution in [0, 0.1) is 6.92 Å². The summed E-state index contributed by atoms with van der Waals surface area (Å²) in [7, 11) is 0. The van der Waals surface area contributed by atoms with Crippen molar-refractivity contribution in [3.63, 3.8) is 0 Å². The van der Waals surface area contributed by atoms with Gasteiger partial charge in [0.15, 0.2) is 0 Å². The predicted molar refractivity (Wildman–Crippen MR) is 133 cm³/mol. The Morgan fingerprint density at radius 3 is 2.37 bits per heavy atom. The molecule has 0 spiro atoms. The molecule has 1 amide bonds. The first kappa shape index (κ1) is 22.3. The minimum absolute atomic E-state index is 0.217. The average molecular weight is 468 g/mol. The van der Waals surface area contributed by atoms with E-state index >= 15 is 0 Å². The molecule has 0 aromatic carbocycles. The molecule has 0 unspecified atom stereocenters. The van der Waals surface area contributed by atoms with Crippen LogP contribution in [0.5, 0.6) is 0 Å². The Morgan fingerprint density at radius 1 is 0.914 bits per heavy atom. The fourth-order valence-electron chi connectivity index (χ4n) is 3.96. The summed E-state index contributed by atoms with van der Waals surface area (Å²) in [5, 5.41) is 2.83. The molecule has 1 aliphatic heterocycles. The van der Waals surface area contributed by atoms with Gasteiger partial charge in [-0.15, -0.1) is 0 Å². The van der Waals surface area contributed by atoms with Crippen LogP contribution in [0.4, 0.5) is 17.5 Å². The van der Waals surface area contributed by atoms with Gasteiger partial charge in [-0.2, -0.15) is 0 Å². The van der Waals surface area contributed by atoms with Gasteiger partial charge in [0, 0.05) is 56.0 Å². The van der Waals surface area contributed by atoms with Crippen molar-refractivity contribution in [2.45, 2.75) is 19.9 Å². The van der Waals surface area contributed by atoms with Gasteiger partial charge in [-0.1, -0.05) is 6.07 Å². The summed E-state index contributed by atoms with van der Waals surface area (Å²) in [6.07, 6.45) is 10.0. The molecule has 10 heteroatoms. The standard InChI is InChI=1S/C25H25N9O/c1-17-16-33(23-5-3-4-8-26-23)9-10-34(17)25-30-14-21(15-31-25)32-24(35)19-6-7-22(29-11-19)20-12-27-18(2)28-13-20/h3-8,11-15,17H,9-10,16H2,1-2H3,(H,32,35)/t17-/m0/s1. The minimum atomic E-state index is -0.280. The first-order valence-corrected chi connectivity index (χ1v) is 11.4. The third kappa shape index (κ3) is 5.06. The Hall–Kier alpha value is -4.47. The summed E-state index contributed by atoms with van der Waals surface area (Å²) >= 11 is 0. The number of nitrogens with one attached hydrogen (secondary N) is 1. The highest BCUT2D eigenvalue weighted by atomic mass is 16.1. The summed E-state index contributed by atoms with van der Waals surface area (Å²) in [5.74, 6) is 2.03. The summed E-state index contributed by atoms with van der Waals surface area (Å²) in [6.45, 7) is 6.42. The maximum atomic E-state index is 12.7. The Balaban J connectivity index is 1.20.